The molecule has 1 aliphatic rings. The number of aliphatic hydroxyl groups is 1. The van der Waals surface area contributed by atoms with Crippen molar-refractivity contribution >= 4 is 11.8 Å². The largest absolute Gasteiger partial charge is 0.395 e. The molecular formula is C38H71NO3. The molecular weight excluding hydrogens is 518 g/mol. The summed E-state index contributed by atoms with van der Waals surface area (Å²) in [7, 11) is 0. The number of β-amino-alcohol motifs (C(OH)–C–C–N with tert-alkyl or cyclic N) is 1. The molecule has 0 bridgehead atoms. The molecule has 0 spiro atoms. The van der Waals surface area contributed by atoms with Crippen molar-refractivity contribution in [1.82, 2.24) is 4.90 Å². The van der Waals surface area contributed by atoms with E-state index >= 15 is 0 Å². The minimum Gasteiger partial charge on any atom is -0.395 e. The van der Waals surface area contributed by atoms with E-state index in [2.05, 4.69) is 13.8 Å². The second-order valence-corrected chi connectivity index (χ2v) is 13.1. The number of carbonyl (C=O) groups excluding carboxylic acids is 2. The molecule has 246 valence electrons. The zero-order valence-corrected chi connectivity index (χ0v) is 28.3. The first kappa shape index (κ1) is 38.9. The van der Waals surface area contributed by atoms with E-state index in [-0.39, 0.29) is 25.0 Å². The fourth-order valence-corrected chi connectivity index (χ4v) is 6.49. The first-order valence-corrected chi connectivity index (χ1v) is 18.9. The fraction of sp³-hybridized carbons (Fsp3) is 0.895. The number of imide groups is 1. The van der Waals surface area contributed by atoms with Gasteiger partial charge in [-0.3, -0.25) is 14.5 Å². The molecule has 0 fully saturated rings. The van der Waals surface area contributed by atoms with Crippen LogP contribution in [0.5, 0.6) is 0 Å². The maximum atomic E-state index is 13.0. The van der Waals surface area contributed by atoms with Crippen LogP contribution in [0.1, 0.15) is 206 Å². The predicted octanol–water partition coefficient (Wildman–Crippen LogP) is 11.4. The molecule has 0 unspecified atom stereocenters. The molecule has 1 N–H and O–H groups in total. The number of rotatable bonds is 32. The van der Waals surface area contributed by atoms with Gasteiger partial charge in [0.1, 0.15) is 0 Å². The second kappa shape index (κ2) is 28.6. The molecule has 0 radical (unpaired) electrons. The van der Waals surface area contributed by atoms with Crippen LogP contribution < -0.4 is 0 Å². The smallest absolute Gasteiger partial charge is 0.257 e. The van der Waals surface area contributed by atoms with Crippen molar-refractivity contribution in [1.29, 1.82) is 0 Å². The highest BCUT2D eigenvalue weighted by Gasteiger charge is 2.36. The van der Waals surface area contributed by atoms with Crippen molar-refractivity contribution < 1.29 is 14.7 Å². The standard InChI is InChI=1S/C38H71NO3/c1-3-5-7-9-11-13-15-17-19-21-23-25-27-29-31-35-36(38(42)39(33-34-40)37(35)41)32-30-28-26-24-22-20-18-16-14-12-10-8-6-4-2/h40H,3-34H2,1-2H3. The summed E-state index contributed by atoms with van der Waals surface area (Å²) in [5.74, 6) is -0.270. The van der Waals surface area contributed by atoms with Crippen LogP contribution in [0.15, 0.2) is 11.1 Å². The van der Waals surface area contributed by atoms with Crippen LogP contribution in [-0.2, 0) is 9.59 Å². The lowest BCUT2D eigenvalue weighted by Gasteiger charge is -2.13. The minimum absolute atomic E-state index is 0.127. The third-order valence-corrected chi connectivity index (χ3v) is 9.26. The van der Waals surface area contributed by atoms with Gasteiger partial charge in [0.2, 0.25) is 0 Å². The van der Waals surface area contributed by atoms with E-state index in [1.54, 1.807) is 0 Å². The Bertz CT molecular complexity index is 632. The molecule has 1 heterocycles. The predicted molar refractivity (Wildman–Crippen MR) is 181 cm³/mol. The molecule has 0 aromatic rings. The van der Waals surface area contributed by atoms with Gasteiger partial charge in [-0.05, 0) is 25.7 Å². The van der Waals surface area contributed by atoms with Gasteiger partial charge in [0.05, 0.1) is 13.2 Å². The quantitative estimate of drug-likeness (QED) is 0.0627. The van der Waals surface area contributed by atoms with E-state index in [9.17, 15) is 14.7 Å². The molecule has 4 heteroatoms. The van der Waals surface area contributed by atoms with Gasteiger partial charge in [-0.15, -0.1) is 0 Å². The van der Waals surface area contributed by atoms with E-state index in [4.69, 9.17) is 0 Å². The third kappa shape index (κ3) is 19.2. The van der Waals surface area contributed by atoms with Crippen LogP contribution in [-0.4, -0.2) is 35.0 Å². The molecule has 1 rings (SSSR count). The summed E-state index contributed by atoms with van der Waals surface area (Å²) >= 11 is 0. The SMILES string of the molecule is CCCCCCCCCCCCCCCCC1=C(CCCCCCCCCCCCCCCC)C(=O)N(CCO)C1=O. The molecule has 0 aromatic heterocycles. The first-order chi connectivity index (χ1) is 20.7. The van der Waals surface area contributed by atoms with Crippen molar-refractivity contribution in [3.05, 3.63) is 11.1 Å². The maximum absolute atomic E-state index is 13.0. The Morgan fingerprint density at radius 1 is 0.405 bits per heavy atom. The summed E-state index contributed by atoms with van der Waals surface area (Å²) in [6.45, 7) is 4.52. The van der Waals surface area contributed by atoms with Crippen LogP contribution in [0.2, 0.25) is 0 Å². The summed E-state index contributed by atoms with van der Waals surface area (Å²) in [4.78, 5) is 27.2. The van der Waals surface area contributed by atoms with E-state index in [0.717, 1.165) is 49.7 Å². The van der Waals surface area contributed by atoms with Gasteiger partial charge < -0.3 is 5.11 Å². The van der Waals surface area contributed by atoms with Gasteiger partial charge in [0.15, 0.2) is 0 Å². The molecule has 0 atom stereocenters. The van der Waals surface area contributed by atoms with Crippen LogP contribution in [0.4, 0.5) is 0 Å². The molecule has 0 saturated carbocycles. The van der Waals surface area contributed by atoms with Crippen LogP contribution >= 0.6 is 0 Å². The molecule has 0 aromatic carbocycles. The Hall–Kier alpha value is -1.16. The molecule has 0 aliphatic carbocycles. The third-order valence-electron chi connectivity index (χ3n) is 9.26. The number of hydrogen-bond donors (Lipinski definition) is 1. The molecule has 1 aliphatic heterocycles. The molecule has 2 amide bonds. The average molecular weight is 590 g/mol. The Labute approximate surface area is 261 Å². The van der Waals surface area contributed by atoms with E-state index in [1.807, 2.05) is 0 Å². The summed E-state index contributed by atoms with van der Waals surface area (Å²) in [5, 5.41) is 9.39. The lowest BCUT2D eigenvalue weighted by Crippen LogP contribution is -2.34. The van der Waals surface area contributed by atoms with Gasteiger partial charge in [-0.25, -0.2) is 0 Å². The van der Waals surface area contributed by atoms with Crippen LogP contribution in [0.25, 0.3) is 0 Å². The normalized spacial score (nSPS) is 13.7. The number of carbonyl (C=O) groups is 2. The number of aliphatic hydroxyl groups excluding tert-OH is 1. The van der Waals surface area contributed by atoms with E-state index in [1.165, 1.54) is 159 Å². The van der Waals surface area contributed by atoms with Gasteiger partial charge in [0.25, 0.3) is 11.8 Å². The van der Waals surface area contributed by atoms with Crippen LogP contribution in [0.3, 0.4) is 0 Å². The van der Waals surface area contributed by atoms with Crippen molar-refractivity contribution in [2.75, 3.05) is 13.2 Å². The second-order valence-electron chi connectivity index (χ2n) is 13.1. The molecule has 0 saturated heterocycles. The Morgan fingerprint density at radius 3 is 0.881 bits per heavy atom. The number of hydrogen-bond acceptors (Lipinski definition) is 3. The maximum Gasteiger partial charge on any atom is 0.257 e. The van der Waals surface area contributed by atoms with E-state index in [0.29, 0.717) is 0 Å². The Morgan fingerprint density at radius 2 is 0.643 bits per heavy atom. The van der Waals surface area contributed by atoms with Crippen molar-refractivity contribution in [3.8, 4) is 0 Å². The zero-order valence-electron chi connectivity index (χ0n) is 28.3. The fourth-order valence-electron chi connectivity index (χ4n) is 6.49. The van der Waals surface area contributed by atoms with Gasteiger partial charge in [-0.1, -0.05) is 181 Å². The first-order valence-electron chi connectivity index (χ1n) is 18.9. The van der Waals surface area contributed by atoms with Gasteiger partial charge >= 0.3 is 0 Å². The highest BCUT2D eigenvalue weighted by Crippen LogP contribution is 2.29. The van der Waals surface area contributed by atoms with Crippen LogP contribution in [0, 0.1) is 0 Å². The number of unbranched alkanes of at least 4 members (excludes halogenated alkanes) is 26. The van der Waals surface area contributed by atoms with Crippen molar-refractivity contribution in [2.24, 2.45) is 0 Å². The monoisotopic (exact) mass is 590 g/mol. The van der Waals surface area contributed by atoms with Crippen molar-refractivity contribution in [2.45, 2.75) is 206 Å². The number of amides is 2. The van der Waals surface area contributed by atoms with Gasteiger partial charge in [-0.2, -0.15) is 0 Å². The summed E-state index contributed by atoms with van der Waals surface area (Å²) < 4.78 is 0. The average Bonchev–Trinajstić information content (AvgIpc) is 3.21. The van der Waals surface area contributed by atoms with Gasteiger partial charge in [0, 0.05) is 11.1 Å². The number of nitrogens with zero attached hydrogens (tertiary/aromatic N) is 1. The summed E-state index contributed by atoms with van der Waals surface area (Å²) in [6, 6.07) is 0. The van der Waals surface area contributed by atoms with E-state index < -0.39 is 0 Å². The Kier molecular flexibility index (Phi) is 26.5. The highest BCUT2D eigenvalue weighted by molar-refractivity contribution is 6.19. The lowest BCUT2D eigenvalue weighted by atomic mass is 9.97. The molecule has 42 heavy (non-hydrogen) atoms. The summed E-state index contributed by atoms with van der Waals surface area (Å²) in [5.41, 5.74) is 1.50. The Balaban J connectivity index is 2.17. The summed E-state index contributed by atoms with van der Waals surface area (Å²) in [6.07, 6.45) is 38.3. The van der Waals surface area contributed by atoms with Crippen molar-refractivity contribution in [3.63, 3.8) is 0 Å². The minimum atomic E-state index is -0.157. The molecule has 4 nitrogen and oxygen atoms in total. The zero-order chi connectivity index (χ0) is 30.5. The highest BCUT2D eigenvalue weighted by atomic mass is 16.3. The lowest BCUT2D eigenvalue weighted by molar-refractivity contribution is -0.138. The topological polar surface area (TPSA) is 57.6 Å².